The zero-order chi connectivity index (χ0) is 13.2. The van der Waals surface area contributed by atoms with Crippen molar-refractivity contribution in [2.75, 3.05) is 11.5 Å². The number of nitrogens with one attached hydrogen (secondary N) is 1. The summed E-state index contributed by atoms with van der Waals surface area (Å²) in [5.41, 5.74) is 0.852. The summed E-state index contributed by atoms with van der Waals surface area (Å²) in [5.74, 6) is -0.769. The lowest BCUT2D eigenvalue weighted by molar-refractivity contribution is 0.0601. The number of methoxy groups -OCH3 is 1. The zero-order valence-electron chi connectivity index (χ0n) is 8.94. The van der Waals surface area contributed by atoms with Crippen LogP contribution in [0.25, 0.3) is 0 Å². The normalized spacial score (nSPS) is 9.94. The van der Waals surface area contributed by atoms with Crippen molar-refractivity contribution in [3.63, 3.8) is 0 Å². The fourth-order valence-electron chi connectivity index (χ4n) is 1.36. The lowest BCUT2D eigenvalue weighted by Gasteiger charge is -2.13. The smallest absolute Gasteiger partial charge is 0.341 e. The van der Waals surface area contributed by atoms with Gasteiger partial charge in [0.2, 0.25) is 0 Å². The number of carbonyl (C=O) groups excluding carboxylic acids is 2. The summed E-state index contributed by atoms with van der Waals surface area (Å²) in [6, 6.07) is 1.55. The molecule has 0 atom stereocenters. The number of halogens is 3. The van der Waals surface area contributed by atoms with E-state index < -0.39 is 5.97 Å². The van der Waals surface area contributed by atoms with E-state index in [1.54, 1.807) is 6.07 Å². The molecule has 0 amide bonds. The van der Waals surface area contributed by atoms with Gasteiger partial charge in [-0.3, -0.25) is 4.79 Å². The number of rotatable bonds is 3. The molecule has 0 aliphatic rings. The van der Waals surface area contributed by atoms with E-state index >= 15 is 0 Å². The van der Waals surface area contributed by atoms with Crippen LogP contribution in [-0.4, -0.2) is 18.9 Å². The van der Waals surface area contributed by atoms with Crippen molar-refractivity contribution in [1.82, 2.24) is 0 Å². The van der Waals surface area contributed by atoms with Crippen molar-refractivity contribution in [2.24, 2.45) is 0 Å². The largest absolute Gasteiger partial charge is 0.465 e. The first-order valence-electron chi connectivity index (χ1n) is 4.41. The number of ether oxygens (including phenoxy) is 1. The first kappa shape index (κ1) is 14.7. The maximum Gasteiger partial charge on any atom is 0.341 e. The molecule has 0 unspecified atom stereocenters. The fraction of sp³-hybridized carbons (Fsp3) is 0.200. The minimum absolute atomic E-state index is 0.237. The van der Waals surface area contributed by atoms with Gasteiger partial charge in [0.15, 0.2) is 5.78 Å². The monoisotopic (exact) mass is 431 g/mol. The van der Waals surface area contributed by atoms with Crippen molar-refractivity contribution in [3.05, 3.63) is 25.8 Å². The highest BCUT2D eigenvalue weighted by Crippen LogP contribution is 2.34. The Labute approximate surface area is 126 Å². The second kappa shape index (κ2) is 6.01. The van der Waals surface area contributed by atoms with Gasteiger partial charge in [-0.25, -0.2) is 4.79 Å². The van der Waals surface area contributed by atoms with Gasteiger partial charge < -0.3 is 9.08 Å². The first-order valence-corrected chi connectivity index (χ1v) is 6.66. The summed E-state index contributed by atoms with van der Waals surface area (Å²) in [7, 11) is 1.28. The lowest BCUT2D eigenvalue weighted by atomic mass is 10.0. The topological polar surface area (TPSA) is 55.4 Å². The van der Waals surface area contributed by atoms with Crippen LogP contribution >= 0.6 is 50.3 Å². The summed E-state index contributed by atoms with van der Waals surface area (Å²) in [5, 5.41) is 0.288. The molecule has 92 valence electrons. The van der Waals surface area contributed by atoms with Crippen molar-refractivity contribution in [1.29, 1.82) is 0 Å². The number of hydrogen-bond acceptors (Lipinski definition) is 4. The standard InChI is InChI=1S/C10H8BrClINO3/c1-4(15)7-5(12)3-6(13)8(9(7)14-11)10(16)17-2/h3,14H,1-2H3. The highest BCUT2D eigenvalue weighted by Gasteiger charge is 2.23. The molecule has 7 heteroatoms. The predicted molar refractivity (Wildman–Crippen MR) is 78.1 cm³/mol. The molecule has 0 saturated carbocycles. The molecule has 0 heterocycles. The molecule has 0 aliphatic heterocycles. The van der Waals surface area contributed by atoms with E-state index in [-0.39, 0.29) is 21.9 Å². The van der Waals surface area contributed by atoms with Gasteiger partial charge in [-0.2, -0.15) is 0 Å². The van der Waals surface area contributed by atoms with Gasteiger partial charge >= 0.3 is 5.97 Å². The van der Waals surface area contributed by atoms with Crippen LogP contribution in [-0.2, 0) is 4.74 Å². The van der Waals surface area contributed by atoms with Crippen LogP contribution in [0, 0.1) is 3.57 Å². The summed E-state index contributed by atoms with van der Waals surface area (Å²) >= 11 is 11.0. The zero-order valence-corrected chi connectivity index (χ0v) is 13.4. The number of ketones is 1. The fourth-order valence-corrected chi connectivity index (χ4v) is 3.08. The predicted octanol–water partition coefficient (Wildman–Crippen LogP) is 3.66. The Balaban J connectivity index is 3.65. The number of anilines is 1. The molecular weight excluding hydrogens is 424 g/mol. The first-order chi connectivity index (χ1) is 7.93. The molecule has 0 bridgehead atoms. The molecule has 1 rings (SSSR count). The van der Waals surface area contributed by atoms with Gasteiger partial charge in [0.05, 0.1) is 28.9 Å². The number of hydrogen-bond donors (Lipinski definition) is 1. The number of benzene rings is 1. The summed E-state index contributed by atoms with van der Waals surface area (Å²) in [6.45, 7) is 1.38. The molecule has 0 radical (unpaired) electrons. The van der Waals surface area contributed by atoms with E-state index in [0.717, 1.165) is 0 Å². The van der Waals surface area contributed by atoms with Gasteiger partial charge in [-0.15, -0.1) is 0 Å². The molecule has 1 aromatic carbocycles. The van der Waals surface area contributed by atoms with Crippen LogP contribution in [0.15, 0.2) is 6.07 Å². The van der Waals surface area contributed by atoms with Gasteiger partial charge in [0.1, 0.15) is 0 Å². The summed E-state index contributed by atoms with van der Waals surface area (Å²) < 4.78 is 7.92. The third kappa shape index (κ3) is 2.92. The molecular formula is C10H8BrClINO3. The molecule has 0 aromatic heterocycles. The molecule has 0 spiro atoms. The minimum Gasteiger partial charge on any atom is -0.465 e. The average molecular weight is 432 g/mol. The summed E-state index contributed by atoms with van der Waals surface area (Å²) in [6.07, 6.45) is 0. The van der Waals surface area contributed by atoms with Gasteiger partial charge in [-0.1, -0.05) is 11.6 Å². The van der Waals surface area contributed by atoms with Gasteiger partial charge in [0, 0.05) is 19.7 Å². The van der Waals surface area contributed by atoms with Crippen LogP contribution in [0.4, 0.5) is 5.69 Å². The Morgan fingerprint density at radius 3 is 2.47 bits per heavy atom. The van der Waals surface area contributed by atoms with Crippen LogP contribution in [0.1, 0.15) is 27.6 Å². The van der Waals surface area contributed by atoms with Crippen molar-refractivity contribution in [2.45, 2.75) is 6.92 Å². The minimum atomic E-state index is -0.532. The maximum atomic E-state index is 11.7. The Morgan fingerprint density at radius 2 is 2.06 bits per heavy atom. The van der Waals surface area contributed by atoms with Crippen molar-refractivity contribution in [3.8, 4) is 0 Å². The Kier molecular flexibility index (Phi) is 5.21. The summed E-state index contributed by atoms with van der Waals surface area (Å²) in [4.78, 5) is 23.2. The van der Waals surface area contributed by atoms with Crippen LogP contribution in [0.3, 0.4) is 0 Å². The number of carbonyl (C=O) groups is 2. The Hall–Kier alpha value is -0.340. The van der Waals surface area contributed by atoms with Gasteiger partial charge in [0.25, 0.3) is 0 Å². The molecule has 0 aliphatic carbocycles. The lowest BCUT2D eigenvalue weighted by Crippen LogP contribution is -2.11. The van der Waals surface area contributed by atoms with Crippen LogP contribution in [0.5, 0.6) is 0 Å². The molecule has 0 saturated heterocycles. The van der Waals surface area contributed by atoms with E-state index in [1.807, 2.05) is 22.6 Å². The van der Waals surface area contributed by atoms with Crippen molar-refractivity contribution >= 4 is 67.8 Å². The highest BCUT2D eigenvalue weighted by molar-refractivity contribution is 14.1. The molecule has 1 aromatic rings. The molecule has 1 N–H and O–H groups in total. The van der Waals surface area contributed by atoms with Crippen LogP contribution in [0.2, 0.25) is 5.02 Å². The average Bonchev–Trinajstić information content (AvgIpc) is 2.26. The second-order valence-corrected chi connectivity index (χ2v) is 5.07. The maximum absolute atomic E-state index is 11.7. The Morgan fingerprint density at radius 1 is 1.47 bits per heavy atom. The van der Waals surface area contributed by atoms with E-state index in [0.29, 0.717) is 9.26 Å². The number of esters is 1. The Bertz CT molecular complexity index is 493. The van der Waals surface area contributed by atoms with E-state index in [9.17, 15) is 9.59 Å². The quantitative estimate of drug-likeness (QED) is 0.343. The SMILES string of the molecule is COC(=O)c1c(I)cc(Cl)c(C(C)=O)c1NBr. The highest BCUT2D eigenvalue weighted by atomic mass is 127. The van der Waals surface area contributed by atoms with Gasteiger partial charge in [-0.05, 0) is 35.6 Å². The second-order valence-electron chi connectivity index (χ2n) is 3.11. The third-order valence-electron chi connectivity index (χ3n) is 2.07. The van der Waals surface area contributed by atoms with E-state index in [1.165, 1.54) is 14.0 Å². The third-order valence-corrected chi connectivity index (χ3v) is 3.61. The van der Waals surface area contributed by atoms with E-state index in [4.69, 9.17) is 11.6 Å². The molecule has 17 heavy (non-hydrogen) atoms. The molecule has 4 nitrogen and oxygen atoms in total. The molecule has 0 fully saturated rings. The van der Waals surface area contributed by atoms with Crippen molar-refractivity contribution < 1.29 is 14.3 Å². The number of Topliss-reactive ketones (excluding diaryl/α,β-unsaturated/α-hetero) is 1. The van der Waals surface area contributed by atoms with E-state index in [2.05, 4.69) is 25.2 Å². The van der Waals surface area contributed by atoms with Crippen LogP contribution < -0.4 is 4.34 Å².